The minimum atomic E-state index is -3.27. The average Bonchev–Trinajstić information content (AvgIpc) is 2.57. The molecule has 0 saturated carbocycles. The number of hydrogen-bond acceptors (Lipinski definition) is 4. The third kappa shape index (κ3) is 3.55. The Hall–Kier alpha value is -1.37. The van der Waals surface area contributed by atoms with Crippen molar-refractivity contribution in [2.75, 3.05) is 5.75 Å². The normalized spacial score (nSPS) is 11.6. The zero-order valence-electron chi connectivity index (χ0n) is 9.88. The van der Waals surface area contributed by atoms with Crippen LogP contribution in [0, 0.1) is 0 Å². The second-order valence-electron chi connectivity index (χ2n) is 3.88. The first-order valence-electron chi connectivity index (χ1n) is 5.32. The number of sulfone groups is 1. The van der Waals surface area contributed by atoms with Crippen molar-refractivity contribution in [1.82, 2.24) is 9.78 Å². The highest BCUT2D eigenvalue weighted by Gasteiger charge is 2.21. The molecular weight excluding hydrogens is 244 g/mol. The van der Waals surface area contributed by atoms with Crippen molar-refractivity contribution in [1.29, 1.82) is 0 Å². The van der Waals surface area contributed by atoms with Crippen LogP contribution in [0.15, 0.2) is 6.20 Å². The van der Waals surface area contributed by atoms with Gasteiger partial charge in [0.25, 0.3) is 0 Å². The van der Waals surface area contributed by atoms with Crippen LogP contribution in [0.2, 0.25) is 0 Å². The first-order valence-corrected chi connectivity index (χ1v) is 7.14. The maximum absolute atomic E-state index is 11.7. The van der Waals surface area contributed by atoms with E-state index in [1.165, 1.54) is 17.9 Å². The first kappa shape index (κ1) is 13.7. The van der Waals surface area contributed by atoms with Crippen LogP contribution in [-0.4, -0.2) is 35.0 Å². The van der Waals surface area contributed by atoms with Crippen LogP contribution in [-0.2, 0) is 22.6 Å². The van der Waals surface area contributed by atoms with Crippen molar-refractivity contribution in [2.45, 2.75) is 25.5 Å². The Kier molecular flexibility index (Phi) is 4.28. The molecule has 7 heteroatoms. The standard InChI is InChI=1S/C10H16N2O4S/c1-3-4-5-17(15,16)7-9-8(10(13)14)6-11-12(9)2/h6H,3-5,7H2,1-2H3,(H,13,14). The predicted octanol–water partition coefficient (Wildman–Crippen LogP) is 0.833. The maximum atomic E-state index is 11.7. The maximum Gasteiger partial charge on any atom is 0.339 e. The second kappa shape index (κ2) is 5.31. The number of unbranched alkanes of at least 4 members (excludes halogenated alkanes) is 1. The molecule has 0 fully saturated rings. The summed E-state index contributed by atoms with van der Waals surface area (Å²) < 4.78 is 24.8. The van der Waals surface area contributed by atoms with Crippen molar-refractivity contribution < 1.29 is 18.3 Å². The van der Waals surface area contributed by atoms with Crippen molar-refractivity contribution >= 4 is 15.8 Å². The molecule has 0 saturated heterocycles. The highest BCUT2D eigenvalue weighted by molar-refractivity contribution is 7.90. The molecular formula is C10H16N2O4S. The third-order valence-corrected chi connectivity index (χ3v) is 4.08. The lowest BCUT2D eigenvalue weighted by Crippen LogP contribution is -2.14. The smallest absolute Gasteiger partial charge is 0.339 e. The number of aromatic carboxylic acids is 1. The Morgan fingerprint density at radius 1 is 1.53 bits per heavy atom. The lowest BCUT2D eigenvalue weighted by Gasteiger charge is -2.05. The monoisotopic (exact) mass is 260 g/mol. The number of carboxylic acids is 1. The van der Waals surface area contributed by atoms with Crippen LogP contribution in [0.5, 0.6) is 0 Å². The molecule has 6 nitrogen and oxygen atoms in total. The minimum Gasteiger partial charge on any atom is -0.478 e. The van der Waals surface area contributed by atoms with Crippen LogP contribution in [0.4, 0.5) is 0 Å². The Morgan fingerprint density at radius 2 is 2.18 bits per heavy atom. The summed E-state index contributed by atoms with van der Waals surface area (Å²) in [7, 11) is -1.73. The summed E-state index contributed by atoms with van der Waals surface area (Å²) in [6.07, 6.45) is 2.55. The zero-order chi connectivity index (χ0) is 13.1. The molecule has 0 aliphatic carbocycles. The number of nitrogens with zero attached hydrogens (tertiary/aromatic N) is 2. The lowest BCUT2D eigenvalue weighted by molar-refractivity contribution is 0.0696. The van der Waals surface area contributed by atoms with Gasteiger partial charge in [0, 0.05) is 7.05 Å². The van der Waals surface area contributed by atoms with Gasteiger partial charge in [-0.05, 0) is 6.42 Å². The molecule has 0 aromatic carbocycles. The van der Waals surface area contributed by atoms with Crippen LogP contribution >= 0.6 is 0 Å². The van der Waals surface area contributed by atoms with Crippen molar-refractivity contribution in [3.8, 4) is 0 Å². The number of aromatic nitrogens is 2. The fourth-order valence-corrected chi connectivity index (χ4v) is 3.09. The van der Waals surface area contributed by atoms with E-state index in [9.17, 15) is 13.2 Å². The van der Waals surface area contributed by atoms with E-state index < -0.39 is 15.8 Å². The molecule has 1 heterocycles. The van der Waals surface area contributed by atoms with E-state index in [1.54, 1.807) is 0 Å². The molecule has 0 bridgehead atoms. The Bertz CT molecular complexity index is 504. The van der Waals surface area contributed by atoms with E-state index in [0.29, 0.717) is 6.42 Å². The number of carbonyl (C=O) groups is 1. The van der Waals surface area contributed by atoms with Gasteiger partial charge in [-0.15, -0.1) is 0 Å². The summed E-state index contributed by atoms with van der Waals surface area (Å²) in [5.74, 6) is -1.35. The summed E-state index contributed by atoms with van der Waals surface area (Å²) in [6.45, 7) is 1.91. The molecule has 1 N–H and O–H groups in total. The highest BCUT2D eigenvalue weighted by atomic mass is 32.2. The number of rotatable bonds is 6. The summed E-state index contributed by atoms with van der Waals surface area (Å²) in [5.41, 5.74) is 0.182. The second-order valence-corrected chi connectivity index (χ2v) is 6.06. The summed E-state index contributed by atoms with van der Waals surface area (Å²) in [6, 6.07) is 0. The summed E-state index contributed by atoms with van der Waals surface area (Å²) in [4.78, 5) is 10.9. The fraction of sp³-hybridized carbons (Fsp3) is 0.600. The lowest BCUT2D eigenvalue weighted by atomic mass is 10.3. The largest absolute Gasteiger partial charge is 0.478 e. The number of carboxylic acid groups (broad SMARTS) is 1. The van der Waals surface area contributed by atoms with Gasteiger partial charge in [0.2, 0.25) is 0 Å². The molecule has 96 valence electrons. The molecule has 0 atom stereocenters. The zero-order valence-corrected chi connectivity index (χ0v) is 10.7. The molecule has 0 unspecified atom stereocenters. The molecule has 1 aromatic heterocycles. The van der Waals surface area contributed by atoms with Gasteiger partial charge in [0.1, 0.15) is 5.56 Å². The molecule has 17 heavy (non-hydrogen) atoms. The van der Waals surface area contributed by atoms with Gasteiger partial charge in [-0.3, -0.25) is 4.68 Å². The highest BCUT2D eigenvalue weighted by Crippen LogP contribution is 2.13. The van der Waals surface area contributed by atoms with E-state index in [1.807, 2.05) is 6.92 Å². The van der Waals surface area contributed by atoms with E-state index in [0.717, 1.165) is 6.42 Å². The van der Waals surface area contributed by atoms with E-state index in [4.69, 9.17) is 5.11 Å². The summed E-state index contributed by atoms with van der Waals surface area (Å²) in [5, 5.41) is 12.7. The van der Waals surface area contributed by atoms with Gasteiger partial charge < -0.3 is 5.11 Å². The van der Waals surface area contributed by atoms with Crippen LogP contribution in [0.3, 0.4) is 0 Å². The molecule has 1 aromatic rings. The molecule has 0 aliphatic heterocycles. The molecule has 0 aliphatic rings. The van der Waals surface area contributed by atoms with Crippen LogP contribution in [0.1, 0.15) is 35.8 Å². The quantitative estimate of drug-likeness (QED) is 0.818. The molecule has 0 radical (unpaired) electrons. The number of aryl methyl sites for hydroxylation is 1. The topological polar surface area (TPSA) is 89.3 Å². The van der Waals surface area contributed by atoms with Crippen molar-refractivity contribution in [3.63, 3.8) is 0 Å². The Labute approximate surface area is 100 Å². The van der Waals surface area contributed by atoms with E-state index >= 15 is 0 Å². The predicted molar refractivity (Wildman–Crippen MR) is 62.6 cm³/mol. The average molecular weight is 260 g/mol. The van der Waals surface area contributed by atoms with Gasteiger partial charge >= 0.3 is 5.97 Å². The first-order chi connectivity index (χ1) is 7.87. The van der Waals surface area contributed by atoms with Crippen LogP contribution < -0.4 is 0 Å². The van der Waals surface area contributed by atoms with Gasteiger partial charge in [-0.2, -0.15) is 5.10 Å². The molecule has 0 spiro atoms. The van der Waals surface area contributed by atoms with E-state index in [2.05, 4.69) is 5.10 Å². The molecule has 1 rings (SSSR count). The van der Waals surface area contributed by atoms with Crippen LogP contribution in [0.25, 0.3) is 0 Å². The van der Waals surface area contributed by atoms with Gasteiger partial charge in [0.05, 0.1) is 23.4 Å². The van der Waals surface area contributed by atoms with Gasteiger partial charge in [-0.1, -0.05) is 13.3 Å². The van der Waals surface area contributed by atoms with Crippen molar-refractivity contribution in [2.24, 2.45) is 7.05 Å². The molecule has 0 amide bonds. The van der Waals surface area contributed by atoms with Gasteiger partial charge in [0.15, 0.2) is 9.84 Å². The SMILES string of the molecule is CCCCS(=O)(=O)Cc1c(C(=O)O)cnn1C. The van der Waals surface area contributed by atoms with Crippen molar-refractivity contribution in [3.05, 3.63) is 17.5 Å². The van der Waals surface area contributed by atoms with Gasteiger partial charge in [-0.25, -0.2) is 13.2 Å². The minimum absolute atomic E-state index is 0.0485. The number of hydrogen-bond donors (Lipinski definition) is 1. The Morgan fingerprint density at radius 3 is 2.71 bits per heavy atom. The Balaban J connectivity index is 2.95. The summed E-state index contributed by atoms with van der Waals surface area (Å²) >= 11 is 0. The third-order valence-electron chi connectivity index (χ3n) is 2.46. The fourth-order valence-electron chi connectivity index (χ4n) is 1.46. The van der Waals surface area contributed by atoms with E-state index in [-0.39, 0.29) is 22.8 Å².